The average molecular weight is 300 g/mol. The zero-order valence-corrected chi connectivity index (χ0v) is 11.9. The van der Waals surface area contributed by atoms with Crippen LogP contribution in [0.15, 0.2) is 35.5 Å². The van der Waals surface area contributed by atoms with E-state index in [1.165, 1.54) is 18.2 Å². The number of anilines is 1. The summed E-state index contributed by atoms with van der Waals surface area (Å²) in [6.07, 6.45) is 3.27. The maximum absolute atomic E-state index is 12.2. The second kappa shape index (κ2) is 5.22. The molecule has 1 aromatic carbocycles. The quantitative estimate of drug-likeness (QED) is 0.877. The Labute approximate surface area is 116 Å². The topological polar surface area (TPSA) is 78.0 Å². The van der Waals surface area contributed by atoms with Crippen LogP contribution in [0.5, 0.6) is 0 Å². The molecule has 0 atom stereocenters. The molecule has 7 heteroatoms. The molecule has 0 aliphatic carbocycles. The number of aromatic nitrogens is 2. The maximum Gasteiger partial charge on any atom is 0.182 e. The number of sulfone groups is 1. The Bertz CT molecular complexity index is 695. The summed E-state index contributed by atoms with van der Waals surface area (Å²) in [7, 11) is -3.44. The summed E-state index contributed by atoms with van der Waals surface area (Å²) in [4.78, 5) is 0.163. The first-order valence-electron chi connectivity index (χ1n) is 5.71. The van der Waals surface area contributed by atoms with Gasteiger partial charge >= 0.3 is 0 Å². The molecule has 102 valence electrons. The number of benzene rings is 1. The summed E-state index contributed by atoms with van der Waals surface area (Å²) >= 11 is 5.84. The van der Waals surface area contributed by atoms with Crippen LogP contribution in [-0.4, -0.2) is 18.2 Å². The molecule has 1 aromatic heterocycles. The van der Waals surface area contributed by atoms with Crippen molar-refractivity contribution in [3.8, 4) is 0 Å². The third kappa shape index (κ3) is 3.08. The summed E-state index contributed by atoms with van der Waals surface area (Å²) in [5.41, 5.74) is 6.57. The summed E-state index contributed by atoms with van der Waals surface area (Å²) in [6.45, 7) is 2.64. The highest BCUT2D eigenvalue weighted by atomic mass is 35.5. The number of hydrogen-bond acceptors (Lipinski definition) is 4. The highest BCUT2D eigenvalue weighted by Crippen LogP contribution is 2.24. The first kappa shape index (κ1) is 13.9. The van der Waals surface area contributed by atoms with Gasteiger partial charge in [0.05, 0.1) is 27.6 Å². The largest absolute Gasteiger partial charge is 0.398 e. The minimum Gasteiger partial charge on any atom is -0.398 e. The van der Waals surface area contributed by atoms with Crippen LogP contribution >= 0.6 is 11.6 Å². The van der Waals surface area contributed by atoms with Crippen molar-refractivity contribution in [2.24, 2.45) is 0 Å². The van der Waals surface area contributed by atoms with Gasteiger partial charge in [0.25, 0.3) is 0 Å². The molecule has 0 aliphatic heterocycles. The lowest BCUT2D eigenvalue weighted by atomic mass is 10.3. The lowest BCUT2D eigenvalue weighted by Gasteiger charge is -2.05. The molecule has 2 N–H and O–H groups in total. The van der Waals surface area contributed by atoms with Crippen molar-refractivity contribution in [2.75, 3.05) is 5.73 Å². The van der Waals surface area contributed by atoms with Gasteiger partial charge in [0.2, 0.25) is 0 Å². The van der Waals surface area contributed by atoms with E-state index in [0.717, 1.165) is 0 Å². The van der Waals surface area contributed by atoms with Crippen LogP contribution in [0.25, 0.3) is 0 Å². The molecule has 0 fully saturated rings. The van der Waals surface area contributed by atoms with Crippen LogP contribution < -0.4 is 5.73 Å². The second-order valence-electron chi connectivity index (χ2n) is 4.15. The van der Waals surface area contributed by atoms with E-state index in [0.29, 0.717) is 17.8 Å². The standard InChI is InChI=1S/C12H14ClN3O2S/c1-2-16-7-9(6-15-16)8-19(17,18)10-3-4-12(14)11(13)5-10/h3-7H,2,8,14H2,1H3. The van der Waals surface area contributed by atoms with Crippen LogP contribution in [0, 0.1) is 0 Å². The molecule has 5 nitrogen and oxygen atoms in total. The van der Waals surface area contributed by atoms with Gasteiger partial charge in [-0.1, -0.05) is 11.6 Å². The SMILES string of the molecule is CCn1cc(CS(=O)(=O)c2ccc(N)c(Cl)c2)cn1. The molecule has 0 unspecified atom stereocenters. The van der Waals surface area contributed by atoms with Crippen molar-refractivity contribution in [1.82, 2.24) is 9.78 Å². The van der Waals surface area contributed by atoms with E-state index in [1.54, 1.807) is 17.1 Å². The van der Waals surface area contributed by atoms with Crippen molar-refractivity contribution >= 4 is 27.1 Å². The minimum absolute atomic E-state index is 0.104. The van der Waals surface area contributed by atoms with Gasteiger partial charge in [-0.2, -0.15) is 5.10 Å². The fraction of sp³-hybridized carbons (Fsp3) is 0.250. The van der Waals surface area contributed by atoms with Gasteiger partial charge in [-0.25, -0.2) is 8.42 Å². The molecular formula is C12H14ClN3O2S. The van der Waals surface area contributed by atoms with E-state index < -0.39 is 9.84 Å². The van der Waals surface area contributed by atoms with Gasteiger partial charge in [0, 0.05) is 18.3 Å². The van der Waals surface area contributed by atoms with Crippen molar-refractivity contribution < 1.29 is 8.42 Å². The molecule has 19 heavy (non-hydrogen) atoms. The van der Waals surface area contributed by atoms with Crippen LogP contribution in [-0.2, 0) is 22.1 Å². The van der Waals surface area contributed by atoms with E-state index in [9.17, 15) is 8.42 Å². The predicted molar refractivity (Wildman–Crippen MR) is 74.7 cm³/mol. The van der Waals surface area contributed by atoms with E-state index in [2.05, 4.69) is 5.10 Å². The van der Waals surface area contributed by atoms with Crippen LogP contribution in [0.3, 0.4) is 0 Å². The number of halogens is 1. The molecule has 0 aliphatic rings. The summed E-state index contributed by atoms with van der Waals surface area (Å²) in [5, 5.41) is 4.29. The van der Waals surface area contributed by atoms with E-state index in [4.69, 9.17) is 17.3 Å². The second-order valence-corrected chi connectivity index (χ2v) is 6.54. The van der Waals surface area contributed by atoms with Gasteiger partial charge in [0.15, 0.2) is 9.84 Å². The van der Waals surface area contributed by atoms with Gasteiger partial charge < -0.3 is 5.73 Å². The Hall–Kier alpha value is -1.53. The smallest absolute Gasteiger partial charge is 0.182 e. The van der Waals surface area contributed by atoms with E-state index in [-0.39, 0.29) is 15.7 Å². The Morgan fingerprint density at radius 1 is 1.42 bits per heavy atom. The Morgan fingerprint density at radius 3 is 2.74 bits per heavy atom. The van der Waals surface area contributed by atoms with Crippen molar-refractivity contribution in [3.63, 3.8) is 0 Å². The zero-order chi connectivity index (χ0) is 14.0. The van der Waals surface area contributed by atoms with Gasteiger partial charge in [0.1, 0.15) is 0 Å². The normalized spacial score (nSPS) is 11.7. The molecule has 0 radical (unpaired) electrons. The van der Waals surface area contributed by atoms with Gasteiger partial charge in [-0.3, -0.25) is 4.68 Å². The van der Waals surface area contributed by atoms with Crippen LogP contribution in [0.1, 0.15) is 12.5 Å². The molecule has 0 saturated carbocycles. The molecular weight excluding hydrogens is 286 g/mol. The molecule has 2 rings (SSSR count). The lowest BCUT2D eigenvalue weighted by molar-refractivity contribution is 0.595. The number of nitrogens with zero attached hydrogens (tertiary/aromatic N) is 2. The van der Waals surface area contributed by atoms with Crippen molar-refractivity contribution in [3.05, 3.63) is 41.2 Å². The summed E-state index contributed by atoms with van der Waals surface area (Å²) in [6, 6.07) is 4.32. The summed E-state index contributed by atoms with van der Waals surface area (Å²) in [5.74, 6) is -0.104. The first-order chi connectivity index (χ1) is 8.92. The number of nitrogens with two attached hydrogens (primary N) is 1. The zero-order valence-electron chi connectivity index (χ0n) is 10.4. The molecule has 1 heterocycles. The number of nitrogen functional groups attached to an aromatic ring is 1. The number of rotatable bonds is 4. The van der Waals surface area contributed by atoms with E-state index >= 15 is 0 Å². The Kier molecular flexibility index (Phi) is 3.82. The number of hydrogen-bond donors (Lipinski definition) is 1. The van der Waals surface area contributed by atoms with Crippen molar-refractivity contribution in [2.45, 2.75) is 24.1 Å². The highest BCUT2D eigenvalue weighted by Gasteiger charge is 2.17. The Balaban J connectivity index is 2.29. The van der Waals surface area contributed by atoms with Gasteiger partial charge in [-0.05, 0) is 25.1 Å². The lowest BCUT2D eigenvalue weighted by Crippen LogP contribution is -2.05. The van der Waals surface area contributed by atoms with Gasteiger partial charge in [-0.15, -0.1) is 0 Å². The van der Waals surface area contributed by atoms with Crippen molar-refractivity contribution in [1.29, 1.82) is 0 Å². The fourth-order valence-corrected chi connectivity index (χ4v) is 3.23. The highest BCUT2D eigenvalue weighted by molar-refractivity contribution is 7.90. The monoisotopic (exact) mass is 299 g/mol. The fourth-order valence-electron chi connectivity index (χ4n) is 1.66. The molecule has 0 bridgehead atoms. The predicted octanol–water partition coefficient (Wildman–Crippen LogP) is 2.11. The van der Waals surface area contributed by atoms with Crippen LogP contribution in [0.4, 0.5) is 5.69 Å². The summed E-state index contributed by atoms with van der Waals surface area (Å²) < 4.78 is 26.1. The third-order valence-corrected chi connectivity index (χ3v) is 4.71. The molecule has 2 aromatic rings. The number of aryl methyl sites for hydroxylation is 1. The average Bonchev–Trinajstić information content (AvgIpc) is 2.79. The van der Waals surface area contributed by atoms with E-state index in [1.807, 2.05) is 6.92 Å². The molecule has 0 saturated heterocycles. The third-order valence-electron chi connectivity index (χ3n) is 2.70. The molecule has 0 spiro atoms. The Morgan fingerprint density at radius 2 is 2.16 bits per heavy atom. The minimum atomic E-state index is -3.44. The molecule has 0 amide bonds. The maximum atomic E-state index is 12.2. The van der Waals surface area contributed by atoms with Crippen LogP contribution in [0.2, 0.25) is 5.02 Å². The first-order valence-corrected chi connectivity index (χ1v) is 7.74.